The van der Waals surface area contributed by atoms with Crippen LogP contribution in [0.4, 0.5) is 0 Å². The van der Waals surface area contributed by atoms with Gasteiger partial charge in [0.25, 0.3) is 0 Å². The van der Waals surface area contributed by atoms with E-state index in [2.05, 4.69) is 27.0 Å². The van der Waals surface area contributed by atoms with Gasteiger partial charge >= 0.3 is 0 Å². The van der Waals surface area contributed by atoms with Crippen molar-refractivity contribution in [3.8, 4) is 17.6 Å². The van der Waals surface area contributed by atoms with Gasteiger partial charge in [0.05, 0.1) is 10.0 Å². The molecule has 0 amide bonds. The second kappa shape index (κ2) is 5.27. The maximum atomic E-state index is 9.29. The molecule has 100 valence electrons. The van der Waals surface area contributed by atoms with Crippen LogP contribution in [0.2, 0.25) is 0 Å². The van der Waals surface area contributed by atoms with Crippen LogP contribution in [0.15, 0.2) is 22.0 Å². The number of aromatic nitrogens is 1. The molecule has 0 aliphatic carbocycles. The number of aryl methyl sites for hydroxylation is 1. The highest BCUT2D eigenvalue weighted by atomic mass is 79.9. The first-order chi connectivity index (χ1) is 9.67. The fourth-order valence-corrected chi connectivity index (χ4v) is 3.19. The summed E-state index contributed by atoms with van der Waals surface area (Å²) in [5.41, 5.74) is 2.32. The highest BCUT2D eigenvalue weighted by Gasteiger charge is 2.18. The molecule has 0 radical (unpaired) electrons. The van der Waals surface area contributed by atoms with E-state index in [0.717, 1.165) is 20.7 Å². The molecule has 4 nitrogen and oxygen atoms in total. The van der Waals surface area contributed by atoms with Crippen molar-refractivity contribution in [2.24, 2.45) is 0 Å². The first-order valence-corrected chi connectivity index (χ1v) is 7.48. The monoisotopic (exact) mass is 348 g/mol. The third kappa shape index (κ3) is 2.42. The van der Waals surface area contributed by atoms with Gasteiger partial charge in [-0.1, -0.05) is 0 Å². The van der Waals surface area contributed by atoms with Crippen molar-refractivity contribution in [1.82, 2.24) is 4.98 Å². The van der Waals surface area contributed by atoms with Crippen LogP contribution in [0.5, 0.6) is 11.5 Å². The number of fused-ring (bicyclic) bond motifs is 1. The molecule has 1 aromatic heterocycles. The number of benzene rings is 1. The van der Waals surface area contributed by atoms with Gasteiger partial charge in [0.1, 0.15) is 11.1 Å². The van der Waals surface area contributed by atoms with Gasteiger partial charge < -0.3 is 9.47 Å². The number of rotatable bonds is 2. The molecule has 0 fully saturated rings. The average Bonchev–Trinajstić information content (AvgIpc) is 3.05. The van der Waals surface area contributed by atoms with Gasteiger partial charge in [-0.05, 0) is 46.6 Å². The molecule has 20 heavy (non-hydrogen) atoms. The van der Waals surface area contributed by atoms with E-state index < -0.39 is 0 Å². The molecule has 0 bridgehead atoms. The zero-order chi connectivity index (χ0) is 14.1. The molecule has 1 aliphatic rings. The van der Waals surface area contributed by atoms with E-state index in [1.165, 1.54) is 11.3 Å². The average molecular weight is 349 g/mol. The van der Waals surface area contributed by atoms with Crippen LogP contribution < -0.4 is 9.47 Å². The van der Waals surface area contributed by atoms with Gasteiger partial charge in [0.2, 0.25) is 6.79 Å². The Bertz CT molecular complexity index is 746. The second-order valence-corrected chi connectivity index (χ2v) is 5.91. The van der Waals surface area contributed by atoms with Crippen molar-refractivity contribution in [2.45, 2.75) is 6.92 Å². The first-order valence-electron chi connectivity index (χ1n) is 5.81. The van der Waals surface area contributed by atoms with Crippen LogP contribution >= 0.6 is 27.3 Å². The van der Waals surface area contributed by atoms with Crippen molar-refractivity contribution >= 4 is 38.9 Å². The molecule has 0 unspecified atom stereocenters. The minimum absolute atomic E-state index is 0.220. The smallest absolute Gasteiger partial charge is 0.231 e. The molecule has 1 aliphatic heterocycles. The number of nitrogens with zero attached hydrogens (tertiary/aromatic N) is 2. The van der Waals surface area contributed by atoms with Gasteiger partial charge in [-0.25, -0.2) is 4.98 Å². The zero-order valence-electron chi connectivity index (χ0n) is 10.5. The van der Waals surface area contributed by atoms with E-state index in [-0.39, 0.29) is 6.79 Å². The lowest BCUT2D eigenvalue weighted by atomic mass is 10.1. The standard InChI is InChI=1S/C14H9BrN2O2S/c1-8-6-20-14(17-8)10(5-16)2-9-3-11(15)13-12(4-9)18-7-19-13/h2-4,6H,7H2,1H3/b10-2+. The van der Waals surface area contributed by atoms with Crippen LogP contribution in [-0.2, 0) is 0 Å². The van der Waals surface area contributed by atoms with Crippen LogP contribution in [0.25, 0.3) is 11.6 Å². The summed E-state index contributed by atoms with van der Waals surface area (Å²) in [6, 6.07) is 5.94. The van der Waals surface area contributed by atoms with Crippen LogP contribution in [0, 0.1) is 18.3 Å². The highest BCUT2D eigenvalue weighted by Crippen LogP contribution is 2.40. The van der Waals surface area contributed by atoms with Gasteiger partial charge in [0.15, 0.2) is 11.5 Å². The highest BCUT2D eigenvalue weighted by molar-refractivity contribution is 9.10. The molecule has 0 N–H and O–H groups in total. The Morgan fingerprint density at radius 3 is 3.05 bits per heavy atom. The second-order valence-electron chi connectivity index (χ2n) is 4.20. The number of hydrogen-bond donors (Lipinski definition) is 0. The van der Waals surface area contributed by atoms with Crippen LogP contribution in [0.3, 0.4) is 0 Å². The number of nitriles is 1. The van der Waals surface area contributed by atoms with Crippen molar-refractivity contribution in [3.63, 3.8) is 0 Å². The minimum Gasteiger partial charge on any atom is -0.454 e. The Morgan fingerprint density at radius 2 is 2.35 bits per heavy atom. The molecule has 0 saturated heterocycles. The lowest BCUT2D eigenvalue weighted by Crippen LogP contribution is -1.93. The summed E-state index contributed by atoms with van der Waals surface area (Å²) < 4.78 is 11.5. The SMILES string of the molecule is Cc1csc(/C(C#N)=C/c2cc(Br)c3c(c2)OCO3)n1. The predicted octanol–water partition coefficient (Wildman–Crippen LogP) is 4.01. The lowest BCUT2D eigenvalue weighted by molar-refractivity contribution is 0.173. The normalized spacial score (nSPS) is 13.3. The Kier molecular flexibility index (Phi) is 3.47. The largest absolute Gasteiger partial charge is 0.454 e. The summed E-state index contributed by atoms with van der Waals surface area (Å²) in [4.78, 5) is 4.33. The maximum absolute atomic E-state index is 9.29. The summed E-state index contributed by atoms with van der Waals surface area (Å²) in [6.45, 7) is 2.13. The number of thiazole rings is 1. The van der Waals surface area contributed by atoms with Crippen LogP contribution in [0.1, 0.15) is 16.3 Å². The quantitative estimate of drug-likeness (QED) is 0.769. The molecule has 2 aromatic rings. The number of hydrogen-bond acceptors (Lipinski definition) is 5. The summed E-state index contributed by atoms with van der Waals surface area (Å²) in [6.07, 6.45) is 1.80. The van der Waals surface area contributed by atoms with Crippen molar-refractivity contribution in [3.05, 3.63) is 38.3 Å². The summed E-state index contributed by atoms with van der Waals surface area (Å²) in [5, 5.41) is 11.9. The first kappa shape index (κ1) is 13.2. The third-order valence-electron chi connectivity index (χ3n) is 2.73. The molecule has 2 heterocycles. The molecule has 0 atom stereocenters. The summed E-state index contributed by atoms with van der Waals surface area (Å²) in [7, 11) is 0. The van der Waals surface area contributed by atoms with E-state index >= 15 is 0 Å². The summed E-state index contributed by atoms with van der Waals surface area (Å²) >= 11 is 4.90. The molecule has 0 saturated carbocycles. The Hall–Kier alpha value is -1.84. The van der Waals surface area contributed by atoms with Gasteiger partial charge in [-0.15, -0.1) is 11.3 Å². The van der Waals surface area contributed by atoms with Gasteiger partial charge in [-0.3, -0.25) is 0 Å². The van der Waals surface area contributed by atoms with E-state index in [4.69, 9.17) is 9.47 Å². The van der Waals surface area contributed by atoms with E-state index in [1.54, 1.807) is 6.08 Å². The van der Waals surface area contributed by atoms with Crippen molar-refractivity contribution < 1.29 is 9.47 Å². The molecule has 1 aromatic carbocycles. The summed E-state index contributed by atoms with van der Waals surface area (Å²) in [5.74, 6) is 1.38. The minimum atomic E-state index is 0.220. The Balaban J connectivity index is 2.03. The van der Waals surface area contributed by atoms with Crippen molar-refractivity contribution in [2.75, 3.05) is 6.79 Å². The van der Waals surface area contributed by atoms with E-state index in [1.807, 2.05) is 24.4 Å². The molecule has 3 rings (SSSR count). The maximum Gasteiger partial charge on any atom is 0.231 e. The van der Waals surface area contributed by atoms with Gasteiger partial charge in [0, 0.05) is 11.1 Å². The van der Waals surface area contributed by atoms with E-state index in [0.29, 0.717) is 17.1 Å². The Morgan fingerprint density at radius 1 is 1.50 bits per heavy atom. The molecule has 0 spiro atoms. The number of halogens is 1. The third-order valence-corrected chi connectivity index (χ3v) is 4.31. The van der Waals surface area contributed by atoms with E-state index in [9.17, 15) is 5.26 Å². The topological polar surface area (TPSA) is 55.1 Å². The zero-order valence-corrected chi connectivity index (χ0v) is 12.9. The Labute approximate surface area is 128 Å². The molecular weight excluding hydrogens is 340 g/mol. The predicted molar refractivity (Wildman–Crippen MR) is 80.6 cm³/mol. The molecular formula is C14H9BrN2O2S. The van der Waals surface area contributed by atoms with Crippen LogP contribution in [-0.4, -0.2) is 11.8 Å². The fourth-order valence-electron chi connectivity index (χ4n) is 1.86. The van der Waals surface area contributed by atoms with Crippen molar-refractivity contribution in [1.29, 1.82) is 5.26 Å². The number of allylic oxidation sites excluding steroid dienone is 1. The fraction of sp³-hybridized carbons (Fsp3) is 0.143. The molecule has 6 heteroatoms. The van der Waals surface area contributed by atoms with Gasteiger partial charge in [-0.2, -0.15) is 5.26 Å². The number of ether oxygens (including phenoxy) is 2. The lowest BCUT2D eigenvalue weighted by Gasteiger charge is -2.02.